The topological polar surface area (TPSA) is 35.5 Å². The molecule has 1 aromatic rings. The summed E-state index contributed by atoms with van der Waals surface area (Å²) >= 11 is 0. The van der Waals surface area contributed by atoms with Gasteiger partial charge in [-0.25, -0.2) is 0 Å². The maximum atomic E-state index is 12.7. The molecule has 1 aliphatic carbocycles. The molecule has 0 spiro atoms. The van der Waals surface area contributed by atoms with Gasteiger partial charge in [0.05, 0.1) is 5.31 Å². The van der Waals surface area contributed by atoms with Crippen molar-refractivity contribution in [1.82, 2.24) is 0 Å². The summed E-state index contributed by atoms with van der Waals surface area (Å²) in [6.07, 6.45) is -7.58. The predicted octanol–water partition coefficient (Wildman–Crippen LogP) is 5.32. The SMILES string of the molecule is O=P(OCC(F)(F)F)(OCC(F)(F)F)C1=CCCc2ccccc21. The third-order valence-electron chi connectivity index (χ3n) is 3.14. The first-order valence-corrected chi connectivity index (χ1v) is 8.36. The van der Waals surface area contributed by atoms with Gasteiger partial charge in [0.25, 0.3) is 0 Å². The Morgan fingerprint density at radius 1 is 0.958 bits per heavy atom. The quantitative estimate of drug-likeness (QED) is 0.517. The molecule has 0 amide bonds. The van der Waals surface area contributed by atoms with Crippen molar-refractivity contribution in [2.45, 2.75) is 25.2 Å². The van der Waals surface area contributed by atoms with E-state index in [1.807, 2.05) is 0 Å². The molecule has 0 radical (unpaired) electrons. The molecule has 0 saturated carbocycles. The molecule has 0 bridgehead atoms. The number of benzene rings is 1. The number of hydrogen-bond acceptors (Lipinski definition) is 3. The van der Waals surface area contributed by atoms with Gasteiger partial charge in [0.15, 0.2) is 13.2 Å². The minimum absolute atomic E-state index is 0.266. The number of aryl methyl sites for hydroxylation is 1. The van der Waals surface area contributed by atoms with Crippen molar-refractivity contribution in [1.29, 1.82) is 0 Å². The summed E-state index contributed by atoms with van der Waals surface area (Å²) in [5, 5.41) is -0.266. The monoisotopic (exact) mass is 374 g/mol. The zero-order valence-electron chi connectivity index (χ0n) is 12.2. The van der Waals surface area contributed by atoms with E-state index in [9.17, 15) is 30.9 Å². The highest BCUT2D eigenvalue weighted by Gasteiger charge is 2.42. The largest absolute Gasteiger partial charge is 0.412 e. The van der Waals surface area contributed by atoms with Crippen molar-refractivity contribution >= 4 is 12.9 Å². The third kappa shape index (κ3) is 5.09. The average molecular weight is 374 g/mol. The minimum atomic E-state index is -4.86. The van der Waals surface area contributed by atoms with Crippen LogP contribution in [0.3, 0.4) is 0 Å². The van der Waals surface area contributed by atoms with Crippen LogP contribution >= 0.6 is 7.60 Å². The fourth-order valence-corrected chi connectivity index (χ4v) is 4.07. The lowest BCUT2D eigenvalue weighted by Gasteiger charge is -2.26. The molecule has 0 atom stereocenters. The van der Waals surface area contributed by atoms with E-state index in [-0.39, 0.29) is 10.9 Å². The molecular formula is C14H13F6O3P. The van der Waals surface area contributed by atoms with Gasteiger partial charge < -0.3 is 0 Å². The second-order valence-electron chi connectivity index (χ2n) is 5.06. The molecule has 0 fully saturated rings. The lowest BCUT2D eigenvalue weighted by Crippen LogP contribution is -2.20. The lowest BCUT2D eigenvalue weighted by molar-refractivity contribution is -0.164. The maximum absolute atomic E-state index is 12.7. The average Bonchev–Trinajstić information content (AvgIpc) is 2.49. The summed E-state index contributed by atoms with van der Waals surface area (Å²) in [6, 6.07) is 6.32. The van der Waals surface area contributed by atoms with Gasteiger partial charge in [0.1, 0.15) is 0 Å². The third-order valence-corrected chi connectivity index (χ3v) is 5.09. The highest BCUT2D eigenvalue weighted by molar-refractivity contribution is 7.65. The number of fused-ring (bicyclic) bond motifs is 1. The number of allylic oxidation sites excluding steroid dienone is 1. The predicted molar refractivity (Wildman–Crippen MR) is 74.4 cm³/mol. The van der Waals surface area contributed by atoms with Crippen LogP contribution < -0.4 is 0 Å². The van der Waals surface area contributed by atoms with E-state index in [1.54, 1.807) is 12.1 Å². The standard InChI is InChI=1S/C14H13F6O3P/c15-13(16,17)8-22-24(21,23-9-14(18,19)20)12-7-3-5-10-4-1-2-6-11(10)12/h1-2,4,6-7H,3,5,8-9H2. The molecule has 1 aliphatic rings. The number of alkyl halides is 6. The highest BCUT2D eigenvalue weighted by Crippen LogP contribution is 2.62. The summed E-state index contributed by atoms with van der Waals surface area (Å²) in [6.45, 7) is -3.94. The van der Waals surface area contributed by atoms with Crippen LogP contribution in [0.5, 0.6) is 0 Å². The van der Waals surface area contributed by atoms with Gasteiger partial charge in [-0.3, -0.25) is 13.6 Å². The Morgan fingerprint density at radius 3 is 2.04 bits per heavy atom. The Kier molecular flexibility index (Phi) is 5.47. The van der Waals surface area contributed by atoms with Crippen molar-refractivity contribution in [2.75, 3.05) is 13.2 Å². The van der Waals surface area contributed by atoms with Gasteiger partial charge >= 0.3 is 19.9 Å². The normalized spacial score (nSPS) is 15.8. The first-order chi connectivity index (χ1) is 11.0. The molecule has 1 aromatic carbocycles. The second-order valence-corrected chi connectivity index (χ2v) is 7.05. The van der Waals surface area contributed by atoms with Crippen molar-refractivity contribution < 1.29 is 40.0 Å². The molecule has 0 aromatic heterocycles. The van der Waals surface area contributed by atoms with Crippen molar-refractivity contribution in [2.24, 2.45) is 0 Å². The molecule has 0 saturated heterocycles. The first-order valence-electron chi connectivity index (χ1n) is 6.82. The first kappa shape index (κ1) is 19.0. The van der Waals surface area contributed by atoms with E-state index in [0.29, 0.717) is 18.4 Å². The minimum Gasteiger partial charge on any atom is -0.296 e. The fourth-order valence-electron chi connectivity index (χ4n) is 2.21. The molecule has 0 N–H and O–H groups in total. The van der Waals surface area contributed by atoms with Gasteiger partial charge in [-0.05, 0) is 24.0 Å². The van der Waals surface area contributed by atoms with Gasteiger partial charge in [0.2, 0.25) is 0 Å². The van der Waals surface area contributed by atoms with E-state index >= 15 is 0 Å². The van der Waals surface area contributed by atoms with E-state index in [4.69, 9.17) is 0 Å². The molecule has 0 unspecified atom stereocenters. The van der Waals surface area contributed by atoms with Crippen molar-refractivity contribution in [3.8, 4) is 0 Å². The van der Waals surface area contributed by atoms with Gasteiger partial charge in [0, 0.05) is 0 Å². The van der Waals surface area contributed by atoms with Crippen LogP contribution in [0.2, 0.25) is 0 Å². The number of rotatable bonds is 5. The maximum Gasteiger partial charge on any atom is 0.412 e. The van der Waals surface area contributed by atoms with Crippen LogP contribution in [0.4, 0.5) is 26.3 Å². The fraction of sp³-hybridized carbons (Fsp3) is 0.429. The Morgan fingerprint density at radius 2 is 1.50 bits per heavy atom. The Labute approximate surface area is 133 Å². The number of halogens is 6. The summed E-state index contributed by atoms with van der Waals surface area (Å²) in [5.74, 6) is 0. The molecule has 3 nitrogen and oxygen atoms in total. The Bertz CT molecular complexity index is 643. The highest BCUT2D eigenvalue weighted by atomic mass is 31.2. The summed E-state index contributed by atoms with van der Waals surface area (Å²) in [5.41, 5.74) is 0.929. The molecule has 0 heterocycles. The lowest BCUT2D eigenvalue weighted by atomic mass is 9.97. The smallest absolute Gasteiger partial charge is 0.296 e. The summed E-state index contributed by atoms with van der Waals surface area (Å²) < 4.78 is 95.6. The Balaban J connectivity index is 2.35. The van der Waals surface area contributed by atoms with Crippen LogP contribution in [-0.2, 0) is 20.0 Å². The van der Waals surface area contributed by atoms with E-state index < -0.39 is 33.2 Å². The van der Waals surface area contributed by atoms with Crippen LogP contribution in [-0.4, -0.2) is 25.6 Å². The molecule has 2 rings (SSSR count). The van der Waals surface area contributed by atoms with E-state index in [2.05, 4.69) is 9.05 Å². The van der Waals surface area contributed by atoms with Crippen LogP contribution in [0.1, 0.15) is 17.5 Å². The molecule has 10 heteroatoms. The van der Waals surface area contributed by atoms with Crippen LogP contribution in [0, 0.1) is 0 Å². The van der Waals surface area contributed by atoms with E-state index in [1.165, 1.54) is 18.2 Å². The zero-order valence-corrected chi connectivity index (χ0v) is 13.0. The molecule has 0 aliphatic heterocycles. The molecule has 134 valence electrons. The van der Waals surface area contributed by atoms with Crippen LogP contribution in [0.25, 0.3) is 5.31 Å². The molecule has 24 heavy (non-hydrogen) atoms. The molecular weight excluding hydrogens is 361 g/mol. The Hall–Kier alpha value is -1.31. The van der Waals surface area contributed by atoms with Crippen molar-refractivity contribution in [3.63, 3.8) is 0 Å². The summed E-state index contributed by atoms with van der Waals surface area (Å²) in [4.78, 5) is 0. The van der Waals surface area contributed by atoms with E-state index in [0.717, 1.165) is 0 Å². The van der Waals surface area contributed by atoms with Gasteiger partial charge in [-0.1, -0.05) is 30.3 Å². The van der Waals surface area contributed by atoms with Crippen LogP contribution in [0.15, 0.2) is 30.3 Å². The number of hydrogen-bond donors (Lipinski definition) is 0. The second kappa shape index (κ2) is 6.90. The summed E-state index contributed by atoms with van der Waals surface area (Å²) in [7, 11) is -4.80. The van der Waals surface area contributed by atoms with Gasteiger partial charge in [-0.2, -0.15) is 26.3 Å². The van der Waals surface area contributed by atoms with Gasteiger partial charge in [-0.15, -0.1) is 0 Å². The van der Waals surface area contributed by atoms with Crippen molar-refractivity contribution in [3.05, 3.63) is 41.5 Å². The zero-order chi connectivity index (χ0) is 18.0.